The molecule has 1 heterocycles. The zero-order valence-corrected chi connectivity index (χ0v) is 28.4. The summed E-state index contributed by atoms with van der Waals surface area (Å²) < 4.78 is 7.60. The second-order valence-electron chi connectivity index (χ2n) is 12.9. The van der Waals surface area contributed by atoms with Crippen LogP contribution < -0.4 is 10.1 Å². The van der Waals surface area contributed by atoms with Crippen LogP contribution in [0.15, 0.2) is 67.9 Å². The Morgan fingerprint density at radius 3 is 2.10 bits per heavy atom. The maximum atomic E-state index is 14.0. The predicted octanol–water partition coefficient (Wildman–Crippen LogP) is 8.59. The zero-order valence-electron chi connectivity index (χ0n) is 24.5. The Morgan fingerprint density at radius 1 is 0.976 bits per heavy atom. The van der Waals surface area contributed by atoms with Crippen LogP contribution >= 0.6 is 43.5 Å². The maximum absolute atomic E-state index is 14.0. The molecule has 42 heavy (non-hydrogen) atoms. The van der Waals surface area contributed by atoms with Crippen LogP contribution in [0.25, 0.3) is 0 Å². The normalized spacial score (nSPS) is 20.0. The molecule has 0 saturated carbocycles. The first-order valence-electron chi connectivity index (χ1n) is 14.2. The SMILES string of the molecule is CCN1C2=C(C(=O)CC(C)(C)C2)C(c2cc(Br)cc(Br)c2OCC(=O)Nc2ccccc2Cl)C2=C1CC(C)(C)CC2=O. The molecule has 1 amide bonds. The van der Waals surface area contributed by atoms with Crippen LogP contribution in [0.3, 0.4) is 0 Å². The fourth-order valence-electron chi connectivity index (χ4n) is 6.57. The number of ether oxygens (including phenoxy) is 1. The monoisotopic (exact) mass is 716 g/mol. The van der Waals surface area contributed by atoms with Crippen molar-refractivity contribution >= 4 is 66.6 Å². The lowest BCUT2D eigenvalue weighted by Crippen LogP contribution is -2.44. The molecule has 0 aromatic heterocycles. The van der Waals surface area contributed by atoms with Crippen LogP contribution in [0.2, 0.25) is 5.02 Å². The van der Waals surface area contributed by atoms with Crippen LogP contribution in [0, 0.1) is 10.8 Å². The third-order valence-electron chi connectivity index (χ3n) is 8.18. The highest BCUT2D eigenvalue weighted by atomic mass is 79.9. The van der Waals surface area contributed by atoms with Crippen LogP contribution in [-0.4, -0.2) is 35.5 Å². The number of carbonyl (C=O) groups excluding carboxylic acids is 3. The number of rotatable bonds is 6. The van der Waals surface area contributed by atoms with E-state index < -0.39 is 5.92 Å². The van der Waals surface area contributed by atoms with Crippen LogP contribution in [0.4, 0.5) is 5.69 Å². The van der Waals surface area contributed by atoms with E-state index >= 15 is 0 Å². The van der Waals surface area contributed by atoms with E-state index in [1.807, 2.05) is 12.1 Å². The number of nitrogens with zero attached hydrogens (tertiary/aromatic N) is 1. The molecular formula is C33H35Br2ClN2O4. The van der Waals surface area contributed by atoms with E-state index in [1.165, 1.54) is 0 Å². The highest BCUT2D eigenvalue weighted by Crippen LogP contribution is 2.56. The number of ketones is 2. The molecule has 0 bridgehead atoms. The summed E-state index contributed by atoms with van der Waals surface area (Å²) in [6, 6.07) is 10.7. The van der Waals surface area contributed by atoms with Gasteiger partial charge in [0.15, 0.2) is 18.2 Å². The molecule has 0 saturated heterocycles. The minimum Gasteiger partial charge on any atom is -0.482 e. The number of halogens is 3. The Morgan fingerprint density at radius 2 is 1.55 bits per heavy atom. The molecule has 0 unspecified atom stereocenters. The summed E-state index contributed by atoms with van der Waals surface area (Å²) in [5.74, 6) is -0.452. The molecule has 9 heteroatoms. The smallest absolute Gasteiger partial charge is 0.262 e. The van der Waals surface area contributed by atoms with E-state index in [4.69, 9.17) is 16.3 Å². The van der Waals surface area contributed by atoms with E-state index in [9.17, 15) is 14.4 Å². The largest absolute Gasteiger partial charge is 0.482 e. The lowest BCUT2D eigenvalue weighted by molar-refractivity contribution is -0.120. The number of benzene rings is 2. The minimum atomic E-state index is -0.597. The predicted molar refractivity (Wildman–Crippen MR) is 173 cm³/mol. The molecular weight excluding hydrogens is 684 g/mol. The molecule has 0 atom stereocenters. The number of para-hydroxylation sites is 1. The Balaban J connectivity index is 1.63. The van der Waals surface area contributed by atoms with Crippen molar-refractivity contribution in [2.45, 2.75) is 66.2 Å². The van der Waals surface area contributed by atoms with Gasteiger partial charge in [-0.25, -0.2) is 0 Å². The van der Waals surface area contributed by atoms with Gasteiger partial charge in [-0.2, -0.15) is 0 Å². The summed E-state index contributed by atoms with van der Waals surface area (Å²) in [6.45, 7) is 11.0. The number of hydrogen-bond donors (Lipinski definition) is 1. The molecule has 0 spiro atoms. The van der Waals surface area contributed by atoms with E-state index in [2.05, 4.69) is 76.7 Å². The zero-order chi connectivity index (χ0) is 30.6. The lowest BCUT2D eigenvalue weighted by atomic mass is 9.63. The summed E-state index contributed by atoms with van der Waals surface area (Å²) in [7, 11) is 0. The van der Waals surface area contributed by atoms with Crippen molar-refractivity contribution in [1.82, 2.24) is 4.90 Å². The van der Waals surface area contributed by atoms with E-state index in [-0.39, 0.29) is 34.9 Å². The van der Waals surface area contributed by atoms with E-state index in [0.29, 0.717) is 57.0 Å². The second kappa shape index (κ2) is 11.6. The molecule has 6 nitrogen and oxygen atoms in total. The van der Waals surface area contributed by atoms with Gasteiger partial charge in [0.2, 0.25) is 0 Å². The van der Waals surface area contributed by atoms with Gasteiger partial charge in [0.1, 0.15) is 5.75 Å². The number of carbonyl (C=O) groups is 3. The average molecular weight is 719 g/mol. The summed E-state index contributed by atoms with van der Waals surface area (Å²) in [6.07, 6.45) is 2.26. The van der Waals surface area contributed by atoms with Crippen LogP contribution in [-0.2, 0) is 14.4 Å². The van der Waals surface area contributed by atoms with Gasteiger partial charge in [-0.05, 0) is 70.8 Å². The molecule has 1 N–H and O–H groups in total. The molecule has 2 aromatic rings. The Kier molecular flexibility index (Phi) is 8.56. The van der Waals surface area contributed by atoms with Gasteiger partial charge in [0.05, 0.1) is 15.2 Å². The lowest BCUT2D eigenvalue weighted by Gasteiger charge is -2.49. The van der Waals surface area contributed by atoms with Crippen LogP contribution in [0.1, 0.15) is 71.8 Å². The van der Waals surface area contributed by atoms with Gasteiger partial charge in [-0.15, -0.1) is 0 Å². The first-order chi connectivity index (χ1) is 19.7. The Bertz CT molecular complexity index is 1510. The van der Waals surface area contributed by atoms with Gasteiger partial charge in [0.25, 0.3) is 5.91 Å². The third kappa shape index (κ3) is 6.00. The van der Waals surface area contributed by atoms with Crippen LogP contribution in [0.5, 0.6) is 5.75 Å². The summed E-state index contributed by atoms with van der Waals surface area (Å²) in [5.41, 5.74) is 4.08. The summed E-state index contributed by atoms with van der Waals surface area (Å²) in [4.78, 5) is 43.2. The fourth-order valence-corrected chi connectivity index (χ4v) is 8.13. The molecule has 5 rings (SSSR count). The topological polar surface area (TPSA) is 75.7 Å². The van der Waals surface area contributed by atoms with Crippen molar-refractivity contribution < 1.29 is 19.1 Å². The second-order valence-corrected chi connectivity index (χ2v) is 15.1. The highest BCUT2D eigenvalue weighted by Gasteiger charge is 2.49. The molecule has 0 radical (unpaired) electrons. The quantitative estimate of drug-likeness (QED) is 0.324. The molecule has 1 aliphatic heterocycles. The van der Waals surface area contributed by atoms with E-state index in [0.717, 1.165) is 28.7 Å². The summed E-state index contributed by atoms with van der Waals surface area (Å²) >= 11 is 13.5. The molecule has 0 fully saturated rings. The number of nitrogens with one attached hydrogen (secondary N) is 1. The third-order valence-corrected chi connectivity index (χ3v) is 9.56. The first-order valence-corrected chi connectivity index (χ1v) is 16.1. The van der Waals surface area contributed by atoms with Crippen molar-refractivity contribution in [2.75, 3.05) is 18.5 Å². The minimum absolute atomic E-state index is 0.0485. The molecule has 2 aromatic carbocycles. The fraction of sp³-hybridized carbons (Fsp3) is 0.424. The van der Waals surface area contributed by atoms with Crippen molar-refractivity contribution in [3.63, 3.8) is 0 Å². The first kappa shape index (κ1) is 31.0. The molecule has 3 aliphatic rings. The number of hydrogen-bond acceptors (Lipinski definition) is 5. The van der Waals surface area contributed by atoms with E-state index in [1.54, 1.807) is 24.3 Å². The van der Waals surface area contributed by atoms with Gasteiger partial charge < -0.3 is 15.0 Å². The van der Waals surface area contributed by atoms with Gasteiger partial charge in [0, 0.05) is 57.9 Å². The van der Waals surface area contributed by atoms with Gasteiger partial charge in [-0.1, -0.05) is 67.4 Å². The van der Waals surface area contributed by atoms with Gasteiger partial charge in [-0.3, -0.25) is 14.4 Å². The van der Waals surface area contributed by atoms with Crippen molar-refractivity contribution in [1.29, 1.82) is 0 Å². The molecule has 222 valence electrons. The number of amides is 1. The Labute approximate surface area is 269 Å². The molecule has 2 aliphatic carbocycles. The number of anilines is 1. The average Bonchev–Trinajstić information content (AvgIpc) is 2.86. The van der Waals surface area contributed by atoms with Gasteiger partial charge >= 0.3 is 0 Å². The van der Waals surface area contributed by atoms with Crippen molar-refractivity contribution in [2.24, 2.45) is 10.8 Å². The Hall–Kier alpha value is -2.42. The van der Waals surface area contributed by atoms with Crippen molar-refractivity contribution in [3.8, 4) is 5.75 Å². The highest BCUT2D eigenvalue weighted by molar-refractivity contribution is 9.11. The summed E-state index contributed by atoms with van der Waals surface area (Å²) in [5, 5.41) is 3.22. The standard InChI is InChI=1S/C33H35Br2ClN2O4/c1-6-38-23-13-32(2,3)15-25(39)29(23)28(30-24(38)14-33(4,5)16-26(30)40)19-11-18(34)12-20(35)31(19)42-17-27(41)37-22-10-8-7-9-21(22)36/h7-12,28H,6,13-17H2,1-5H3,(H,37,41). The number of allylic oxidation sites excluding steroid dienone is 4. The number of Topliss-reactive ketones (excluding diaryl/α,β-unsaturated/α-hetero) is 2. The van der Waals surface area contributed by atoms with Crippen molar-refractivity contribution in [3.05, 3.63) is 78.5 Å². The maximum Gasteiger partial charge on any atom is 0.262 e.